The van der Waals surface area contributed by atoms with Gasteiger partial charge >= 0.3 is 0 Å². The maximum Gasteiger partial charge on any atom is 0.243 e. The van der Waals surface area contributed by atoms with Crippen molar-refractivity contribution in [3.63, 3.8) is 0 Å². The quantitative estimate of drug-likeness (QED) is 0.609. The van der Waals surface area contributed by atoms with E-state index in [1.54, 1.807) is 6.92 Å². The summed E-state index contributed by atoms with van der Waals surface area (Å²) in [5.41, 5.74) is 2.32. The average Bonchev–Trinajstić information content (AvgIpc) is 2.00. The second-order valence-electron chi connectivity index (χ2n) is 3.62. The summed E-state index contributed by atoms with van der Waals surface area (Å²) in [5.74, 6) is 0.221. The third kappa shape index (κ3) is 9.30. The molecule has 0 radical (unpaired) electrons. The zero-order valence-electron chi connectivity index (χ0n) is 8.54. The van der Waals surface area contributed by atoms with E-state index in [9.17, 15) is 4.79 Å². The normalized spacial score (nSPS) is 13.0. The van der Waals surface area contributed by atoms with Crippen LogP contribution in [-0.4, -0.2) is 23.7 Å². The Kier molecular flexibility index (Phi) is 6.54. The molecule has 13 heavy (non-hydrogen) atoms. The van der Waals surface area contributed by atoms with Gasteiger partial charge in [-0.1, -0.05) is 13.8 Å². The molecule has 0 saturated heterocycles. The summed E-state index contributed by atoms with van der Waals surface area (Å²) in [6.07, 6.45) is 0.336. The number of aliphatic hydroxyl groups excluding tert-OH is 1. The van der Waals surface area contributed by atoms with Crippen molar-refractivity contribution >= 4 is 5.91 Å². The summed E-state index contributed by atoms with van der Waals surface area (Å²) in [6.45, 7) is 6.17. The molecular formula is C9H19NO3. The Balaban J connectivity index is 3.30. The summed E-state index contributed by atoms with van der Waals surface area (Å²) in [6, 6.07) is 0. The fraction of sp³-hybridized carbons (Fsp3) is 0.889. The third-order valence-electron chi connectivity index (χ3n) is 1.39. The monoisotopic (exact) mass is 189 g/mol. The first-order chi connectivity index (χ1) is 6.02. The molecule has 78 valence electrons. The van der Waals surface area contributed by atoms with Crippen molar-refractivity contribution in [3.05, 3.63) is 0 Å². The molecule has 0 fully saturated rings. The van der Waals surface area contributed by atoms with E-state index in [1.165, 1.54) is 0 Å². The Bertz CT molecular complexity index is 146. The van der Waals surface area contributed by atoms with Crippen LogP contribution in [0.4, 0.5) is 0 Å². The topological polar surface area (TPSA) is 58.6 Å². The summed E-state index contributed by atoms with van der Waals surface area (Å²) in [7, 11) is 0. The lowest BCUT2D eigenvalue weighted by molar-refractivity contribution is -0.134. The van der Waals surface area contributed by atoms with Gasteiger partial charge in [0.05, 0.1) is 12.7 Å². The first-order valence-electron chi connectivity index (χ1n) is 4.61. The molecule has 1 unspecified atom stereocenters. The van der Waals surface area contributed by atoms with Gasteiger partial charge in [0, 0.05) is 6.42 Å². The van der Waals surface area contributed by atoms with Crippen LogP contribution >= 0.6 is 0 Å². The smallest absolute Gasteiger partial charge is 0.243 e. The highest BCUT2D eigenvalue weighted by Gasteiger charge is 2.04. The fourth-order valence-corrected chi connectivity index (χ4v) is 0.680. The number of hydrogen-bond donors (Lipinski definition) is 2. The first-order valence-corrected chi connectivity index (χ1v) is 4.61. The third-order valence-corrected chi connectivity index (χ3v) is 1.39. The minimum atomic E-state index is -0.434. The van der Waals surface area contributed by atoms with Gasteiger partial charge in [-0.2, -0.15) is 0 Å². The predicted octanol–water partition coefficient (Wildman–Crippen LogP) is 0.851. The van der Waals surface area contributed by atoms with Crippen molar-refractivity contribution in [3.8, 4) is 0 Å². The molecule has 4 heteroatoms. The van der Waals surface area contributed by atoms with Gasteiger partial charge < -0.3 is 5.11 Å². The van der Waals surface area contributed by atoms with Gasteiger partial charge in [0.1, 0.15) is 0 Å². The summed E-state index contributed by atoms with van der Waals surface area (Å²) >= 11 is 0. The van der Waals surface area contributed by atoms with E-state index in [4.69, 9.17) is 9.94 Å². The van der Waals surface area contributed by atoms with Gasteiger partial charge in [0.25, 0.3) is 0 Å². The largest absolute Gasteiger partial charge is 0.393 e. The van der Waals surface area contributed by atoms with Crippen molar-refractivity contribution < 1.29 is 14.7 Å². The van der Waals surface area contributed by atoms with E-state index in [0.717, 1.165) is 0 Å². The van der Waals surface area contributed by atoms with Gasteiger partial charge in [0.15, 0.2) is 0 Å². The van der Waals surface area contributed by atoms with Gasteiger partial charge in [0.2, 0.25) is 5.91 Å². The van der Waals surface area contributed by atoms with Crippen LogP contribution in [0.1, 0.15) is 33.6 Å². The van der Waals surface area contributed by atoms with Gasteiger partial charge in [-0.05, 0) is 19.3 Å². The molecule has 0 heterocycles. The predicted molar refractivity (Wildman–Crippen MR) is 49.8 cm³/mol. The van der Waals surface area contributed by atoms with Gasteiger partial charge in [-0.25, -0.2) is 5.48 Å². The average molecular weight is 189 g/mol. The highest BCUT2D eigenvalue weighted by atomic mass is 16.6. The van der Waals surface area contributed by atoms with Crippen LogP contribution in [0.25, 0.3) is 0 Å². The van der Waals surface area contributed by atoms with Crippen molar-refractivity contribution in [1.29, 1.82) is 0 Å². The van der Waals surface area contributed by atoms with E-state index >= 15 is 0 Å². The lowest BCUT2D eigenvalue weighted by Gasteiger charge is -2.08. The second kappa shape index (κ2) is 6.86. The van der Waals surface area contributed by atoms with Crippen LogP contribution in [0, 0.1) is 5.92 Å². The number of nitrogens with one attached hydrogen (secondary N) is 1. The Hall–Kier alpha value is -0.610. The summed E-state index contributed by atoms with van der Waals surface area (Å²) in [5, 5.41) is 8.89. The van der Waals surface area contributed by atoms with E-state index in [0.29, 0.717) is 25.4 Å². The molecule has 4 nitrogen and oxygen atoms in total. The van der Waals surface area contributed by atoms with Crippen LogP contribution in [0.3, 0.4) is 0 Å². The number of amides is 1. The van der Waals surface area contributed by atoms with E-state index in [2.05, 4.69) is 5.48 Å². The Morgan fingerprint density at radius 3 is 2.54 bits per heavy atom. The van der Waals surface area contributed by atoms with Crippen LogP contribution < -0.4 is 5.48 Å². The molecule has 0 bridgehead atoms. The zero-order valence-corrected chi connectivity index (χ0v) is 8.54. The molecule has 1 amide bonds. The highest BCUT2D eigenvalue weighted by Crippen LogP contribution is 1.95. The molecule has 0 aliphatic heterocycles. The maximum atomic E-state index is 11.0. The molecule has 0 spiro atoms. The van der Waals surface area contributed by atoms with Crippen molar-refractivity contribution in [2.75, 3.05) is 6.61 Å². The molecular weight excluding hydrogens is 170 g/mol. The van der Waals surface area contributed by atoms with Gasteiger partial charge in [-0.15, -0.1) is 0 Å². The minimum Gasteiger partial charge on any atom is -0.393 e. The first kappa shape index (κ1) is 12.4. The highest BCUT2D eigenvalue weighted by molar-refractivity contribution is 5.74. The van der Waals surface area contributed by atoms with Crippen molar-refractivity contribution in [1.82, 2.24) is 5.48 Å². The number of rotatable bonds is 6. The van der Waals surface area contributed by atoms with Crippen LogP contribution in [0.2, 0.25) is 0 Å². The molecule has 2 N–H and O–H groups in total. The number of carbonyl (C=O) groups is 1. The Morgan fingerprint density at radius 1 is 1.46 bits per heavy atom. The standard InChI is InChI=1S/C9H19NO3/c1-7(2)6-13-10-9(12)5-4-8(3)11/h7-8,11H,4-6H2,1-3H3,(H,10,12). The number of aliphatic hydroxyl groups is 1. The van der Waals surface area contributed by atoms with E-state index in [-0.39, 0.29) is 5.91 Å². The summed E-state index contributed by atoms with van der Waals surface area (Å²) in [4.78, 5) is 15.9. The van der Waals surface area contributed by atoms with E-state index in [1.807, 2.05) is 13.8 Å². The zero-order chi connectivity index (χ0) is 10.3. The lowest BCUT2D eigenvalue weighted by atomic mass is 10.2. The Morgan fingerprint density at radius 2 is 2.08 bits per heavy atom. The van der Waals surface area contributed by atoms with Crippen LogP contribution in [0.5, 0.6) is 0 Å². The van der Waals surface area contributed by atoms with E-state index < -0.39 is 6.10 Å². The van der Waals surface area contributed by atoms with Crippen molar-refractivity contribution in [2.45, 2.75) is 39.7 Å². The van der Waals surface area contributed by atoms with Crippen molar-refractivity contribution in [2.24, 2.45) is 5.92 Å². The SMILES string of the molecule is CC(C)CONC(=O)CCC(C)O. The lowest BCUT2D eigenvalue weighted by Crippen LogP contribution is -2.26. The maximum absolute atomic E-state index is 11.0. The van der Waals surface area contributed by atoms with Crippen LogP contribution in [0.15, 0.2) is 0 Å². The molecule has 0 aliphatic rings. The molecule has 0 aromatic heterocycles. The molecule has 0 aromatic rings. The number of hydrogen-bond acceptors (Lipinski definition) is 3. The second-order valence-corrected chi connectivity index (χ2v) is 3.62. The molecule has 0 saturated carbocycles. The summed E-state index contributed by atoms with van der Waals surface area (Å²) < 4.78 is 0. The molecule has 0 aliphatic carbocycles. The Labute approximate surface area is 79.2 Å². The van der Waals surface area contributed by atoms with Crippen LogP contribution in [-0.2, 0) is 9.63 Å². The minimum absolute atomic E-state index is 0.179. The molecule has 0 aromatic carbocycles. The van der Waals surface area contributed by atoms with Gasteiger partial charge in [-0.3, -0.25) is 9.63 Å². The molecule has 1 atom stereocenters. The fourth-order valence-electron chi connectivity index (χ4n) is 0.680. The number of hydroxylamine groups is 1. The number of carbonyl (C=O) groups excluding carboxylic acids is 1. The molecule has 0 rings (SSSR count).